The number of nitrogens with zero attached hydrogens (tertiary/aromatic N) is 1. The van der Waals surface area contributed by atoms with Gasteiger partial charge in [0.1, 0.15) is 0 Å². The van der Waals surface area contributed by atoms with Crippen LogP contribution in [0.2, 0.25) is 0 Å². The van der Waals surface area contributed by atoms with E-state index < -0.39 is 0 Å². The van der Waals surface area contributed by atoms with Crippen LogP contribution in [-0.4, -0.2) is 41.1 Å². The fourth-order valence-corrected chi connectivity index (χ4v) is 3.72. The van der Waals surface area contributed by atoms with Crippen LogP contribution in [0.4, 0.5) is 0 Å². The van der Waals surface area contributed by atoms with E-state index in [1.807, 2.05) is 16.7 Å². The van der Waals surface area contributed by atoms with Gasteiger partial charge in [0.15, 0.2) is 0 Å². The Morgan fingerprint density at radius 2 is 2.24 bits per heavy atom. The van der Waals surface area contributed by atoms with Gasteiger partial charge in [-0.2, -0.15) is 11.8 Å². The van der Waals surface area contributed by atoms with Crippen molar-refractivity contribution < 1.29 is 4.79 Å². The van der Waals surface area contributed by atoms with Crippen LogP contribution in [-0.2, 0) is 4.79 Å². The molecular formula is C13H24N2OS. The van der Waals surface area contributed by atoms with Crippen molar-refractivity contribution in [2.75, 3.05) is 19.5 Å². The molecule has 0 aromatic rings. The lowest BCUT2D eigenvalue weighted by Crippen LogP contribution is -2.46. The summed E-state index contributed by atoms with van der Waals surface area (Å²) in [5.74, 6) is 0.897. The smallest absolute Gasteiger partial charge is 0.240 e. The average molecular weight is 256 g/mol. The summed E-state index contributed by atoms with van der Waals surface area (Å²) in [5.41, 5.74) is 0. The molecule has 2 rings (SSSR count). The van der Waals surface area contributed by atoms with E-state index in [0.717, 1.165) is 19.6 Å². The molecule has 17 heavy (non-hydrogen) atoms. The summed E-state index contributed by atoms with van der Waals surface area (Å²) in [6.07, 6.45) is 7.01. The number of rotatable bonds is 5. The third-order valence-corrected chi connectivity index (χ3v) is 5.43. The van der Waals surface area contributed by atoms with Crippen molar-refractivity contribution in [2.24, 2.45) is 5.92 Å². The quantitative estimate of drug-likeness (QED) is 0.817. The highest BCUT2D eigenvalue weighted by Gasteiger charge is 2.41. The first kappa shape index (κ1) is 13.2. The fourth-order valence-electron chi connectivity index (χ4n) is 2.74. The normalized spacial score (nSPS) is 27.6. The molecule has 1 saturated heterocycles. The molecule has 1 aliphatic heterocycles. The van der Waals surface area contributed by atoms with Gasteiger partial charge in [-0.05, 0) is 31.4 Å². The van der Waals surface area contributed by atoms with Crippen LogP contribution in [0.15, 0.2) is 0 Å². The van der Waals surface area contributed by atoms with E-state index in [9.17, 15) is 4.79 Å². The summed E-state index contributed by atoms with van der Waals surface area (Å²) in [7, 11) is 0. The van der Waals surface area contributed by atoms with Gasteiger partial charge in [-0.15, -0.1) is 0 Å². The standard InChI is InChI=1S/C13H24N2OS/c1-10(2)7-11-12(16)15(9-14-11)8-13(17-3)5-4-6-13/h10-11,14H,4-9H2,1-3H3. The van der Waals surface area contributed by atoms with E-state index >= 15 is 0 Å². The lowest BCUT2D eigenvalue weighted by molar-refractivity contribution is -0.129. The Balaban J connectivity index is 1.89. The molecule has 3 nitrogen and oxygen atoms in total. The molecule has 2 fully saturated rings. The predicted molar refractivity (Wildman–Crippen MR) is 73.1 cm³/mol. The van der Waals surface area contributed by atoms with Crippen molar-refractivity contribution >= 4 is 17.7 Å². The Hall–Kier alpha value is -0.220. The van der Waals surface area contributed by atoms with Crippen LogP contribution in [0.3, 0.4) is 0 Å². The molecule has 0 aromatic heterocycles. The van der Waals surface area contributed by atoms with Gasteiger partial charge in [0.2, 0.25) is 5.91 Å². The maximum Gasteiger partial charge on any atom is 0.240 e. The number of hydrogen-bond acceptors (Lipinski definition) is 3. The molecule has 1 N–H and O–H groups in total. The number of amides is 1. The molecule has 1 atom stereocenters. The Kier molecular flexibility index (Phi) is 4.03. The Morgan fingerprint density at radius 3 is 2.71 bits per heavy atom. The van der Waals surface area contributed by atoms with Crippen LogP contribution >= 0.6 is 11.8 Å². The van der Waals surface area contributed by atoms with Gasteiger partial charge >= 0.3 is 0 Å². The van der Waals surface area contributed by atoms with E-state index in [2.05, 4.69) is 25.4 Å². The van der Waals surface area contributed by atoms with Crippen molar-refractivity contribution in [3.63, 3.8) is 0 Å². The van der Waals surface area contributed by atoms with E-state index in [-0.39, 0.29) is 6.04 Å². The van der Waals surface area contributed by atoms with Gasteiger partial charge in [0, 0.05) is 11.3 Å². The number of carbonyl (C=O) groups excluding carboxylic acids is 1. The van der Waals surface area contributed by atoms with Crippen LogP contribution < -0.4 is 5.32 Å². The molecular weight excluding hydrogens is 232 g/mol. The highest BCUT2D eigenvalue weighted by atomic mass is 32.2. The summed E-state index contributed by atoms with van der Waals surface area (Å²) < 4.78 is 0.365. The third-order valence-electron chi connectivity index (χ3n) is 4.02. The Labute approximate surface area is 109 Å². The van der Waals surface area contributed by atoms with Gasteiger partial charge in [-0.25, -0.2) is 0 Å². The highest BCUT2D eigenvalue weighted by Crippen LogP contribution is 2.43. The predicted octanol–water partition coefficient (Wildman–Crippen LogP) is 2.08. The van der Waals surface area contributed by atoms with Gasteiger partial charge in [-0.1, -0.05) is 20.3 Å². The maximum absolute atomic E-state index is 12.2. The van der Waals surface area contributed by atoms with Crippen LogP contribution in [0, 0.1) is 5.92 Å². The van der Waals surface area contributed by atoms with E-state index in [4.69, 9.17) is 0 Å². The van der Waals surface area contributed by atoms with Crippen molar-refractivity contribution in [2.45, 2.75) is 50.3 Å². The average Bonchev–Trinajstić information content (AvgIpc) is 2.54. The van der Waals surface area contributed by atoms with Crippen LogP contribution in [0.1, 0.15) is 39.5 Å². The first-order chi connectivity index (χ1) is 8.06. The van der Waals surface area contributed by atoms with Crippen LogP contribution in [0.25, 0.3) is 0 Å². The first-order valence-corrected chi connectivity index (χ1v) is 7.86. The minimum absolute atomic E-state index is 0.0639. The van der Waals surface area contributed by atoms with Gasteiger partial charge < -0.3 is 4.90 Å². The molecule has 0 aromatic carbocycles. The van der Waals surface area contributed by atoms with E-state index in [1.165, 1.54) is 19.3 Å². The zero-order valence-electron chi connectivity index (χ0n) is 11.2. The molecule has 0 radical (unpaired) electrons. The minimum Gasteiger partial charge on any atom is -0.327 e. The first-order valence-electron chi connectivity index (χ1n) is 6.64. The number of nitrogens with one attached hydrogen (secondary N) is 1. The van der Waals surface area contributed by atoms with Crippen molar-refractivity contribution in [1.82, 2.24) is 10.2 Å². The van der Waals surface area contributed by atoms with Crippen molar-refractivity contribution in [3.05, 3.63) is 0 Å². The Morgan fingerprint density at radius 1 is 1.53 bits per heavy atom. The number of thioether (sulfide) groups is 1. The fraction of sp³-hybridized carbons (Fsp3) is 0.923. The number of carbonyl (C=O) groups is 1. The second kappa shape index (κ2) is 5.19. The second-order valence-corrected chi connectivity index (χ2v) is 7.10. The van der Waals surface area contributed by atoms with Crippen LogP contribution in [0.5, 0.6) is 0 Å². The van der Waals surface area contributed by atoms with E-state index in [1.54, 1.807) is 0 Å². The number of hydrogen-bond donors (Lipinski definition) is 1. The molecule has 2 aliphatic rings. The Bertz CT molecular complexity index is 284. The molecule has 1 amide bonds. The largest absolute Gasteiger partial charge is 0.327 e. The lowest BCUT2D eigenvalue weighted by Gasteiger charge is -2.42. The molecule has 0 bridgehead atoms. The molecule has 1 saturated carbocycles. The zero-order valence-corrected chi connectivity index (χ0v) is 12.0. The topological polar surface area (TPSA) is 32.3 Å². The van der Waals surface area contributed by atoms with Gasteiger partial charge in [0.05, 0.1) is 12.7 Å². The summed E-state index contributed by atoms with van der Waals surface area (Å²) in [6.45, 7) is 6.03. The molecule has 98 valence electrons. The highest BCUT2D eigenvalue weighted by molar-refractivity contribution is 8.00. The third kappa shape index (κ3) is 2.79. The summed E-state index contributed by atoms with van der Waals surface area (Å²) in [5, 5.41) is 3.35. The summed E-state index contributed by atoms with van der Waals surface area (Å²) in [6, 6.07) is 0.0639. The molecule has 4 heteroatoms. The monoisotopic (exact) mass is 256 g/mol. The molecule has 1 unspecified atom stereocenters. The van der Waals surface area contributed by atoms with Crippen molar-refractivity contribution in [1.29, 1.82) is 0 Å². The SMILES string of the molecule is CSC1(CN2CNC(CC(C)C)C2=O)CCC1. The second-order valence-electron chi connectivity index (χ2n) is 5.82. The van der Waals surface area contributed by atoms with Gasteiger partial charge in [-0.3, -0.25) is 10.1 Å². The summed E-state index contributed by atoms with van der Waals surface area (Å²) in [4.78, 5) is 14.3. The lowest BCUT2D eigenvalue weighted by atomic mass is 9.84. The zero-order chi connectivity index (χ0) is 12.5. The van der Waals surface area contributed by atoms with Gasteiger partial charge in [0.25, 0.3) is 0 Å². The van der Waals surface area contributed by atoms with Crippen molar-refractivity contribution in [3.8, 4) is 0 Å². The maximum atomic E-state index is 12.2. The molecule has 1 heterocycles. The minimum atomic E-state index is 0.0639. The van der Waals surface area contributed by atoms with E-state index in [0.29, 0.717) is 16.6 Å². The molecule has 0 spiro atoms. The molecule has 1 aliphatic carbocycles. The summed E-state index contributed by atoms with van der Waals surface area (Å²) >= 11 is 1.94.